The molecule has 20 heavy (non-hydrogen) atoms. The number of nitrogens with zero attached hydrogens (tertiary/aromatic N) is 2. The van der Waals surface area contributed by atoms with Gasteiger partial charge in [0.2, 0.25) is 5.91 Å². The average molecular weight is 308 g/mol. The first-order valence-corrected chi connectivity index (χ1v) is 7.15. The van der Waals surface area contributed by atoms with Gasteiger partial charge in [0, 0.05) is 23.3 Å². The Morgan fingerprint density at radius 3 is 3.10 bits per heavy atom. The van der Waals surface area contributed by atoms with Crippen molar-refractivity contribution < 1.29 is 4.79 Å². The molecule has 2 heterocycles. The van der Waals surface area contributed by atoms with Crippen molar-refractivity contribution >= 4 is 40.6 Å². The fourth-order valence-corrected chi connectivity index (χ4v) is 3.12. The van der Waals surface area contributed by atoms with Gasteiger partial charge < -0.3 is 5.32 Å². The van der Waals surface area contributed by atoms with Crippen molar-refractivity contribution in [2.24, 2.45) is 4.99 Å². The molecule has 102 valence electrons. The van der Waals surface area contributed by atoms with Crippen LogP contribution in [0, 0.1) is 0 Å². The third-order valence-corrected chi connectivity index (χ3v) is 4.09. The maximum absolute atomic E-state index is 12.0. The average Bonchev–Trinajstić information content (AvgIpc) is 2.94. The largest absolute Gasteiger partial charge is 0.322 e. The topological polar surface area (TPSA) is 63.5 Å². The van der Waals surface area contributed by atoms with E-state index in [0.717, 1.165) is 0 Å². The summed E-state index contributed by atoms with van der Waals surface area (Å²) in [5.41, 5.74) is 0.431. The maximum Gasteiger partial charge on any atom is 0.270 e. The number of aromatic nitrogens is 1. The molecule has 3 rings (SSSR count). The van der Waals surface area contributed by atoms with Crippen LogP contribution in [0.2, 0.25) is 5.02 Å². The molecule has 0 unspecified atom stereocenters. The lowest BCUT2D eigenvalue weighted by atomic mass is 10.3. The van der Waals surface area contributed by atoms with Crippen LogP contribution in [-0.4, -0.2) is 17.0 Å². The number of amides is 1. The Kier molecular flexibility index (Phi) is 3.42. The molecule has 1 aromatic heterocycles. The van der Waals surface area contributed by atoms with Crippen molar-refractivity contribution in [3.05, 3.63) is 49.0 Å². The minimum absolute atomic E-state index is 0.160. The third-order valence-electron chi connectivity index (χ3n) is 2.81. The van der Waals surface area contributed by atoms with Gasteiger partial charge in [-0.25, -0.2) is 0 Å². The van der Waals surface area contributed by atoms with Crippen LogP contribution >= 0.6 is 22.9 Å². The molecule has 0 saturated carbocycles. The Morgan fingerprint density at radius 2 is 2.35 bits per heavy atom. The first-order valence-electron chi connectivity index (χ1n) is 5.96. The smallest absolute Gasteiger partial charge is 0.270 e. The van der Waals surface area contributed by atoms with Crippen LogP contribution in [0.15, 0.2) is 34.1 Å². The number of rotatable bonds is 2. The quantitative estimate of drug-likeness (QED) is 0.884. The lowest BCUT2D eigenvalue weighted by Gasteiger charge is -2.01. The molecule has 1 amide bonds. The first-order chi connectivity index (χ1) is 9.63. The van der Waals surface area contributed by atoms with Gasteiger partial charge in [-0.05, 0) is 18.2 Å². The Labute approximate surface area is 122 Å². The zero-order chi connectivity index (χ0) is 14.1. The zero-order valence-corrected chi connectivity index (χ0v) is 11.9. The van der Waals surface area contributed by atoms with Crippen LogP contribution in [0.4, 0.5) is 5.69 Å². The van der Waals surface area contributed by atoms with Gasteiger partial charge in [0.25, 0.3) is 5.56 Å². The molecule has 0 saturated heterocycles. The molecule has 0 aliphatic carbocycles. The van der Waals surface area contributed by atoms with Crippen LogP contribution < -0.4 is 20.2 Å². The number of hydrogen-bond acceptors (Lipinski definition) is 4. The fraction of sp³-hybridized carbons (Fsp3) is 0.154. The molecule has 1 aromatic carbocycles. The molecule has 0 fully saturated rings. The molecular formula is C13H10ClN3O2S. The molecule has 1 N–H and O–H groups in total. The van der Waals surface area contributed by atoms with Gasteiger partial charge in [0.15, 0.2) is 4.80 Å². The van der Waals surface area contributed by atoms with Gasteiger partial charge in [0.05, 0.1) is 6.54 Å². The van der Waals surface area contributed by atoms with E-state index in [1.165, 1.54) is 17.4 Å². The van der Waals surface area contributed by atoms with Crippen LogP contribution in [0.25, 0.3) is 6.08 Å². The van der Waals surface area contributed by atoms with E-state index in [2.05, 4.69) is 10.3 Å². The summed E-state index contributed by atoms with van der Waals surface area (Å²) >= 11 is 7.07. The van der Waals surface area contributed by atoms with Crippen LogP contribution in [0.1, 0.15) is 0 Å². The SMILES string of the molecule is O=C(C=c1sc2n(c1=O)CCN=2)Nc1cccc(Cl)c1. The first kappa shape index (κ1) is 13.1. The van der Waals surface area contributed by atoms with Crippen LogP contribution in [0.5, 0.6) is 0 Å². The summed E-state index contributed by atoms with van der Waals surface area (Å²) in [7, 11) is 0. The Hall–Kier alpha value is -1.92. The summed E-state index contributed by atoms with van der Waals surface area (Å²) in [6.45, 7) is 1.23. The van der Waals surface area contributed by atoms with Gasteiger partial charge in [-0.2, -0.15) is 0 Å². The second-order valence-corrected chi connectivity index (χ2v) is 5.68. The van der Waals surface area contributed by atoms with Gasteiger partial charge in [-0.1, -0.05) is 29.0 Å². The highest BCUT2D eigenvalue weighted by molar-refractivity contribution is 7.07. The molecule has 1 aliphatic rings. The number of halogens is 1. The lowest BCUT2D eigenvalue weighted by molar-refractivity contribution is -0.110. The third kappa shape index (κ3) is 2.52. The van der Waals surface area contributed by atoms with Gasteiger partial charge >= 0.3 is 0 Å². The number of carbonyl (C=O) groups is 1. The number of nitrogens with one attached hydrogen (secondary N) is 1. The number of fused-ring (bicyclic) bond motifs is 1. The number of hydrogen-bond donors (Lipinski definition) is 1. The second-order valence-electron chi connectivity index (χ2n) is 4.23. The molecule has 5 nitrogen and oxygen atoms in total. The van der Waals surface area contributed by atoms with E-state index in [4.69, 9.17) is 11.6 Å². The van der Waals surface area contributed by atoms with Gasteiger partial charge in [0.1, 0.15) is 4.53 Å². The predicted octanol–water partition coefficient (Wildman–Crippen LogP) is 0.616. The van der Waals surface area contributed by atoms with Crippen molar-refractivity contribution in [2.45, 2.75) is 6.54 Å². The van der Waals surface area contributed by atoms with Crippen molar-refractivity contribution in [3.63, 3.8) is 0 Å². The van der Waals surface area contributed by atoms with E-state index in [1.807, 2.05) is 0 Å². The van der Waals surface area contributed by atoms with E-state index < -0.39 is 0 Å². The van der Waals surface area contributed by atoms with Crippen LogP contribution in [-0.2, 0) is 11.3 Å². The molecule has 0 atom stereocenters. The summed E-state index contributed by atoms with van der Waals surface area (Å²) in [6, 6.07) is 6.84. The summed E-state index contributed by atoms with van der Waals surface area (Å²) in [6.07, 6.45) is 1.30. The number of benzene rings is 1. The van der Waals surface area contributed by atoms with Crippen molar-refractivity contribution in [1.82, 2.24) is 4.57 Å². The number of thiazole rings is 1. The summed E-state index contributed by atoms with van der Waals surface area (Å²) < 4.78 is 1.98. The minimum Gasteiger partial charge on any atom is -0.322 e. The van der Waals surface area contributed by atoms with Crippen molar-refractivity contribution in [3.8, 4) is 0 Å². The highest BCUT2D eigenvalue weighted by Crippen LogP contribution is 2.14. The summed E-state index contributed by atoms with van der Waals surface area (Å²) in [5.74, 6) is -0.357. The normalized spacial score (nSPS) is 13.9. The van der Waals surface area contributed by atoms with Crippen LogP contribution in [0.3, 0.4) is 0 Å². The summed E-state index contributed by atoms with van der Waals surface area (Å²) in [5, 5.41) is 3.21. The standard InChI is InChI=1S/C13H10ClN3O2S/c14-8-2-1-3-9(6-8)16-11(18)7-10-12(19)17-5-4-15-13(17)20-10/h1-3,6-7H,4-5H2,(H,16,18). The number of carbonyl (C=O) groups excluding carboxylic acids is 1. The molecular weight excluding hydrogens is 298 g/mol. The monoisotopic (exact) mass is 307 g/mol. The highest BCUT2D eigenvalue weighted by Gasteiger charge is 2.10. The molecule has 2 aromatic rings. The highest BCUT2D eigenvalue weighted by atomic mass is 35.5. The number of anilines is 1. The second kappa shape index (κ2) is 5.22. The minimum atomic E-state index is -0.357. The fourth-order valence-electron chi connectivity index (χ4n) is 1.93. The molecule has 0 spiro atoms. The Morgan fingerprint density at radius 1 is 1.50 bits per heavy atom. The van der Waals surface area contributed by atoms with Gasteiger partial charge in [-0.3, -0.25) is 19.1 Å². The van der Waals surface area contributed by atoms with Crippen molar-refractivity contribution in [1.29, 1.82) is 0 Å². The maximum atomic E-state index is 12.0. The van der Waals surface area contributed by atoms with E-state index in [9.17, 15) is 9.59 Å². The molecule has 0 bridgehead atoms. The van der Waals surface area contributed by atoms with E-state index in [-0.39, 0.29) is 11.5 Å². The molecule has 7 heteroatoms. The zero-order valence-electron chi connectivity index (χ0n) is 10.3. The Balaban J connectivity index is 1.89. The van der Waals surface area contributed by atoms with E-state index in [0.29, 0.717) is 33.1 Å². The molecule has 1 aliphatic heterocycles. The van der Waals surface area contributed by atoms with E-state index in [1.54, 1.807) is 28.8 Å². The molecule has 0 radical (unpaired) electrons. The predicted molar refractivity (Wildman–Crippen MR) is 78.8 cm³/mol. The van der Waals surface area contributed by atoms with Crippen molar-refractivity contribution in [2.75, 3.05) is 11.9 Å². The lowest BCUT2D eigenvalue weighted by Crippen LogP contribution is -2.30. The Bertz CT molecular complexity index is 853. The summed E-state index contributed by atoms with van der Waals surface area (Å²) in [4.78, 5) is 28.7. The van der Waals surface area contributed by atoms with E-state index >= 15 is 0 Å². The van der Waals surface area contributed by atoms with Gasteiger partial charge in [-0.15, -0.1) is 0 Å².